The number of carbonyl (C=O) groups is 1. The highest BCUT2D eigenvalue weighted by Gasteiger charge is 2.52. The summed E-state index contributed by atoms with van der Waals surface area (Å²) in [7, 11) is -0.962. The first kappa shape index (κ1) is 26.3. The summed E-state index contributed by atoms with van der Waals surface area (Å²) in [5, 5.41) is 12.0. The SMILES string of the molecule is CC1(C)OB(C(=Cc2cc(C(F)(F)F)ccc2C#N)CNC(=O)OCc2ccccc2)OC1(C)C. The van der Waals surface area contributed by atoms with Crippen LogP contribution in [0.5, 0.6) is 0 Å². The molecule has 184 valence electrons. The number of benzene rings is 2. The Balaban J connectivity index is 1.87. The Labute approximate surface area is 202 Å². The Hall–Kier alpha value is -3.29. The smallest absolute Gasteiger partial charge is 0.445 e. The molecule has 1 aliphatic heterocycles. The number of nitrogens with zero attached hydrogens (tertiary/aromatic N) is 1. The van der Waals surface area contributed by atoms with Crippen LogP contribution in [0.3, 0.4) is 0 Å². The van der Waals surface area contributed by atoms with E-state index in [1.807, 2.05) is 52.0 Å². The molecule has 0 bridgehead atoms. The van der Waals surface area contributed by atoms with E-state index in [2.05, 4.69) is 5.32 Å². The average Bonchev–Trinajstić information content (AvgIpc) is 3.01. The molecule has 0 aromatic heterocycles. The summed E-state index contributed by atoms with van der Waals surface area (Å²) in [5.41, 5.74) is -1.15. The van der Waals surface area contributed by atoms with Crippen molar-refractivity contribution < 1.29 is 32.0 Å². The van der Waals surface area contributed by atoms with Crippen LogP contribution in [-0.2, 0) is 26.8 Å². The molecule has 1 heterocycles. The second kappa shape index (κ2) is 10.1. The Kier molecular flexibility index (Phi) is 7.63. The summed E-state index contributed by atoms with van der Waals surface area (Å²) in [6.45, 7) is 7.24. The molecule has 1 fully saturated rings. The van der Waals surface area contributed by atoms with Crippen LogP contribution in [0.1, 0.15) is 49.9 Å². The van der Waals surface area contributed by atoms with Gasteiger partial charge in [-0.1, -0.05) is 36.4 Å². The monoisotopic (exact) mass is 486 g/mol. The minimum absolute atomic E-state index is 0.0338. The van der Waals surface area contributed by atoms with Crippen molar-refractivity contribution in [3.8, 4) is 6.07 Å². The molecule has 35 heavy (non-hydrogen) atoms. The van der Waals surface area contributed by atoms with E-state index < -0.39 is 36.2 Å². The van der Waals surface area contributed by atoms with Gasteiger partial charge in [0, 0.05) is 6.54 Å². The van der Waals surface area contributed by atoms with Crippen molar-refractivity contribution in [3.05, 3.63) is 76.3 Å². The van der Waals surface area contributed by atoms with Gasteiger partial charge in [-0.3, -0.25) is 0 Å². The molecule has 0 unspecified atom stereocenters. The molecule has 6 nitrogen and oxygen atoms in total. The van der Waals surface area contributed by atoms with Crippen LogP contribution >= 0.6 is 0 Å². The lowest BCUT2D eigenvalue weighted by atomic mass is 9.76. The maximum Gasteiger partial charge on any atom is 0.492 e. The van der Waals surface area contributed by atoms with Crippen LogP contribution in [0.25, 0.3) is 6.08 Å². The standard InChI is InChI=1S/C25H26BF3N2O4/c1-23(2)24(3,4)35-26(34-23)21(15-31-22(32)33-16-17-8-6-5-7-9-17)13-19-12-20(25(27,28)29)11-10-18(19)14-30/h5-13H,15-16H2,1-4H3,(H,31,32). The van der Waals surface area contributed by atoms with Crippen LogP contribution in [0.15, 0.2) is 54.0 Å². The first-order valence-corrected chi connectivity index (χ1v) is 10.9. The quantitative estimate of drug-likeness (QED) is 0.544. The summed E-state index contributed by atoms with van der Waals surface area (Å²) in [4.78, 5) is 12.3. The van der Waals surface area contributed by atoms with E-state index in [1.165, 1.54) is 6.08 Å². The number of nitrogens with one attached hydrogen (secondary N) is 1. The number of hydrogen-bond donors (Lipinski definition) is 1. The van der Waals surface area contributed by atoms with Crippen LogP contribution < -0.4 is 5.32 Å². The zero-order chi connectivity index (χ0) is 25.9. The van der Waals surface area contributed by atoms with Crippen molar-refractivity contribution in [1.82, 2.24) is 5.32 Å². The second-order valence-electron chi connectivity index (χ2n) is 9.13. The highest BCUT2D eigenvalue weighted by Crippen LogP contribution is 2.39. The number of nitriles is 1. The summed E-state index contributed by atoms with van der Waals surface area (Å²) < 4.78 is 57.2. The van der Waals surface area contributed by atoms with Gasteiger partial charge in [-0.15, -0.1) is 0 Å². The molecule has 2 aromatic carbocycles. The van der Waals surface area contributed by atoms with Crippen molar-refractivity contribution in [1.29, 1.82) is 5.26 Å². The molecule has 10 heteroatoms. The van der Waals surface area contributed by atoms with Crippen LogP contribution in [0, 0.1) is 11.3 Å². The second-order valence-corrected chi connectivity index (χ2v) is 9.13. The molecule has 1 aliphatic rings. The van der Waals surface area contributed by atoms with Crippen molar-refractivity contribution in [2.24, 2.45) is 0 Å². The van der Waals surface area contributed by atoms with Gasteiger partial charge in [0.15, 0.2) is 0 Å². The number of halogens is 3. The maximum atomic E-state index is 13.3. The number of ether oxygens (including phenoxy) is 1. The summed E-state index contributed by atoms with van der Waals surface area (Å²) in [6, 6.07) is 13.8. The van der Waals surface area contributed by atoms with Gasteiger partial charge in [0.1, 0.15) is 6.61 Å². The summed E-state index contributed by atoms with van der Waals surface area (Å²) in [5.74, 6) is 0. The first-order valence-electron chi connectivity index (χ1n) is 10.9. The maximum absolute atomic E-state index is 13.3. The zero-order valence-corrected chi connectivity index (χ0v) is 19.9. The van der Waals surface area contributed by atoms with Crippen LogP contribution in [0.2, 0.25) is 0 Å². The minimum atomic E-state index is -4.58. The lowest BCUT2D eigenvalue weighted by Crippen LogP contribution is -2.41. The zero-order valence-electron chi connectivity index (χ0n) is 19.9. The van der Waals surface area contributed by atoms with Crippen molar-refractivity contribution in [2.45, 2.75) is 51.7 Å². The number of amides is 1. The van der Waals surface area contributed by atoms with Gasteiger partial charge in [-0.2, -0.15) is 18.4 Å². The predicted molar refractivity (Wildman–Crippen MR) is 125 cm³/mol. The van der Waals surface area contributed by atoms with Gasteiger partial charge in [0.25, 0.3) is 0 Å². The topological polar surface area (TPSA) is 80.6 Å². The van der Waals surface area contributed by atoms with Crippen LogP contribution in [0.4, 0.5) is 18.0 Å². The van der Waals surface area contributed by atoms with E-state index in [-0.39, 0.29) is 24.3 Å². The lowest BCUT2D eigenvalue weighted by molar-refractivity contribution is -0.137. The molecule has 1 amide bonds. The van der Waals surface area contributed by atoms with E-state index in [1.54, 1.807) is 12.1 Å². The Morgan fingerprint density at radius 1 is 1.11 bits per heavy atom. The number of alkyl carbamates (subject to hydrolysis) is 1. The van der Waals surface area contributed by atoms with Gasteiger partial charge in [-0.05, 0) is 62.5 Å². The molecule has 2 aromatic rings. The third-order valence-electron chi connectivity index (χ3n) is 6.05. The van der Waals surface area contributed by atoms with Gasteiger partial charge in [0.05, 0.1) is 28.4 Å². The van der Waals surface area contributed by atoms with E-state index in [9.17, 15) is 23.2 Å². The van der Waals surface area contributed by atoms with E-state index in [0.29, 0.717) is 5.47 Å². The Morgan fingerprint density at radius 3 is 2.31 bits per heavy atom. The number of carbonyl (C=O) groups excluding carboxylic acids is 1. The highest BCUT2D eigenvalue weighted by atomic mass is 19.4. The molecular formula is C25H26BF3N2O4. The fourth-order valence-electron chi connectivity index (χ4n) is 3.31. The predicted octanol–water partition coefficient (Wildman–Crippen LogP) is 5.52. The van der Waals surface area contributed by atoms with E-state index in [0.717, 1.165) is 23.8 Å². The van der Waals surface area contributed by atoms with Crippen LogP contribution in [-0.4, -0.2) is 31.0 Å². The Bertz CT molecular complexity index is 1130. The normalized spacial score (nSPS) is 17.1. The van der Waals surface area contributed by atoms with Gasteiger partial charge in [0.2, 0.25) is 0 Å². The van der Waals surface area contributed by atoms with Crippen molar-refractivity contribution in [3.63, 3.8) is 0 Å². The lowest BCUT2D eigenvalue weighted by Gasteiger charge is -2.32. The van der Waals surface area contributed by atoms with E-state index in [4.69, 9.17) is 14.0 Å². The molecule has 1 saturated heterocycles. The number of alkyl halides is 3. The molecule has 0 aliphatic carbocycles. The molecule has 0 atom stereocenters. The number of hydrogen-bond acceptors (Lipinski definition) is 5. The molecule has 0 radical (unpaired) electrons. The fraction of sp³-hybridized carbons (Fsp3) is 0.360. The highest BCUT2D eigenvalue weighted by molar-refractivity contribution is 6.56. The largest absolute Gasteiger partial charge is 0.492 e. The molecule has 0 spiro atoms. The minimum Gasteiger partial charge on any atom is -0.445 e. The molecule has 1 N–H and O–H groups in total. The fourth-order valence-corrected chi connectivity index (χ4v) is 3.31. The molecular weight excluding hydrogens is 460 g/mol. The van der Waals surface area contributed by atoms with Gasteiger partial charge < -0.3 is 19.4 Å². The molecule has 0 saturated carbocycles. The van der Waals surface area contributed by atoms with E-state index >= 15 is 0 Å². The summed E-state index contributed by atoms with van der Waals surface area (Å²) >= 11 is 0. The third kappa shape index (κ3) is 6.44. The van der Waals surface area contributed by atoms with Gasteiger partial charge >= 0.3 is 19.4 Å². The molecule has 3 rings (SSSR count). The van der Waals surface area contributed by atoms with Crippen molar-refractivity contribution in [2.75, 3.05) is 6.54 Å². The Morgan fingerprint density at radius 2 is 1.74 bits per heavy atom. The van der Waals surface area contributed by atoms with Crippen molar-refractivity contribution >= 4 is 19.3 Å². The first-order chi connectivity index (χ1) is 16.3. The summed E-state index contributed by atoms with van der Waals surface area (Å²) in [6.07, 6.45) is -3.92. The third-order valence-corrected chi connectivity index (χ3v) is 6.05. The number of rotatable bonds is 6. The average molecular weight is 486 g/mol. The van der Waals surface area contributed by atoms with Gasteiger partial charge in [-0.25, -0.2) is 4.79 Å².